The molecule has 1 heterocycles. The molecule has 1 aliphatic rings. The first-order chi connectivity index (χ1) is 9.13. The van der Waals surface area contributed by atoms with E-state index in [-0.39, 0.29) is 5.91 Å². The summed E-state index contributed by atoms with van der Waals surface area (Å²) in [6.07, 6.45) is 0.418. The van der Waals surface area contributed by atoms with E-state index in [0.29, 0.717) is 23.7 Å². The number of nitrogen functional groups attached to an aromatic ring is 1. The summed E-state index contributed by atoms with van der Waals surface area (Å²) in [6, 6.07) is 13.2. The van der Waals surface area contributed by atoms with E-state index >= 15 is 0 Å². The molecule has 0 aliphatic carbocycles. The molecule has 0 spiro atoms. The highest BCUT2D eigenvalue weighted by Crippen LogP contribution is 2.31. The Balaban J connectivity index is 1.92. The topological polar surface area (TPSA) is 46.3 Å². The highest BCUT2D eigenvalue weighted by Gasteiger charge is 2.27. The van der Waals surface area contributed by atoms with Crippen LogP contribution < -0.4 is 10.6 Å². The monoisotopic (exact) mass is 272 g/mol. The number of fused-ring (bicyclic) bond motifs is 1. The van der Waals surface area contributed by atoms with E-state index in [0.717, 1.165) is 16.8 Å². The molecule has 4 heteroatoms. The normalized spacial score (nSPS) is 13.7. The highest BCUT2D eigenvalue weighted by molar-refractivity contribution is 6.30. The lowest BCUT2D eigenvalue weighted by molar-refractivity contribution is -0.117. The minimum Gasteiger partial charge on any atom is -0.399 e. The number of hydrogen-bond acceptors (Lipinski definition) is 2. The van der Waals surface area contributed by atoms with Gasteiger partial charge in [0.05, 0.1) is 13.0 Å². The van der Waals surface area contributed by atoms with Crippen LogP contribution in [-0.2, 0) is 17.8 Å². The second kappa shape index (κ2) is 4.59. The number of anilines is 2. The largest absolute Gasteiger partial charge is 0.399 e. The van der Waals surface area contributed by atoms with Crippen LogP contribution in [0.25, 0.3) is 0 Å². The van der Waals surface area contributed by atoms with Crippen LogP contribution in [0.1, 0.15) is 11.1 Å². The number of halogens is 1. The smallest absolute Gasteiger partial charge is 0.231 e. The van der Waals surface area contributed by atoms with E-state index in [1.807, 2.05) is 42.5 Å². The van der Waals surface area contributed by atoms with Crippen molar-refractivity contribution < 1.29 is 4.79 Å². The van der Waals surface area contributed by atoms with Crippen molar-refractivity contribution >= 4 is 28.9 Å². The quantitative estimate of drug-likeness (QED) is 0.854. The molecule has 2 aromatic carbocycles. The molecule has 0 bridgehead atoms. The van der Waals surface area contributed by atoms with Gasteiger partial charge in [-0.25, -0.2) is 0 Å². The Labute approximate surface area is 116 Å². The van der Waals surface area contributed by atoms with E-state index in [4.69, 9.17) is 17.3 Å². The molecule has 1 amide bonds. The van der Waals surface area contributed by atoms with Gasteiger partial charge in [-0.1, -0.05) is 23.7 Å². The lowest BCUT2D eigenvalue weighted by Crippen LogP contribution is -2.25. The predicted octanol–water partition coefficient (Wildman–Crippen LogP) is 3.01. The fraction of sp³-hybridized carbons (Fsp3) is 0.133. The molecule has 0 saturated carbocycles. The average molecular weight is 273 g/mol. The molecule has 3 nitrogen and oxygen atoms in total. The van der Waals surface area contributed by atoms with Gasteiger partial charge in [-0.2, -0.15) is 0 Å². The van der Waals surface area contributed by atoms with Gasteiger partial charge in [0.1, 0.15) is 0 Å². The third-order valence-corrected chi connectivity index (χ3v) is 3.50. The third kappa shape index (κ3) is 2.29. The zero-order valence-electron chi connectivity index (χ0n) is 10.3. The molecule has 0 atom stereocenters. The SMILES string of the molecule is Nc1ccc2c(c1)CC(=O)N2Cc1cccc(Cl)c1. The van der Waals surface area contributed by atoms with Crippen LogP contribution in [0.3, 0.4) is 0 Å². The molecule has 3 rings (SSSR count). The highest BCUT2D eigenvalue weighted by atomic mass is 35.5. The Bertz CT molecular complexity index is 654. The Kier molecular flexibility index (Phi) is 2.91. The molecule has 2 N–H and O–H groups in total. The van der Waals surface area contributed by atoms with Crippen molar-refractivity contribution in [3.8, 4) is 0 Å². The van der Waals surface area contributed by atoms with Gasteiger partial charge in [-0.15, -0.1) is 0 Å². The summed E-state index contributed by atoms with van der Waals surface area (Å²) in [5.74, 6) is 0.0978. The molecule has 0 aromatic heterocycles. The van der Waals surface area contributed by atoms with E-state index < -0.39 is 0 Å². The Morgan fingerprint density at radius 3 is 2.84 bits per heavy atom. The second-order valence-corrected chi connectivity index (χ2v) is 5.11. The lowest BCUT2D eigenvalue weighted by Gasteiger charge is -2.17. The number of rotatable bonds is 2. The van der Waals surface area contributed by atoms with Crippen molar-refractivity contribution in [2.45, 2.75) is 13.0 Å². The van der Waals surface area contributed by atoms with Gasteiger partial charge in [-0.3, -0.25) is 4.79 Å². The van der Waals surface area contributed by atoms with Crippen molar-refractivity contribution in [2.75, 3.05) is 10.6 Å². The first-order valence-corrected chi connectivity index (χ1v) is 6.44. The standard InChI is InChI=1S/C15H13ClN2O/c16-12-3-1-2-10(6-12)9-18-14-5-4-13(17)7-11(14)8-15(18)19/h1-7H,8-9,17H2. The summed E-state index contributed by atoms with van der Waals surface area (Å²) in [6.45, 7) is 0.538. The maximum Gasteiger partial charge on any atom is 0.231 e. The average Bonchev–Trinajstić information content (AvgIpc) is 2.65. The van der Waals surface area contributed by atoms with Crippen molar-refractivity contribution in [2.24, 2.45) is 0 Å². The van der Waals surface area contributed by atoms with Crippen molar-refractivity contribution in [3.05, 3.63) is 58.6 Å². The zero-order chi connectivity index (χ0) is 13.4. The van der Waals surface area contributed by atoms with Gasteiger partial charge in [0.15, 0.2) is 0 Å². The Morgan fingerprint density at radius 2 is 2.05 bits per heavy atom. The maximum absolute atomic E-state index is 12.1. The van der Waals surface area contributed by atoms with Crippen molar-refractivity contribution in [3.63, 3.8) is 0 Å². The fourth-order valence-corrected chi connectivity index (χ4v) is 2.61. The summed E-state index contributed by atoms with van der Waals surface area (Å²) in [4.78, 5) is 13.9. The number of nitrogens with zero attached hydrogens (tertiary/aromatic N) is 1. The molecule has 0 radical (unpaired) electrons. The molecular formula is C15H13ClN2O. The number of carbonyl (C=O) groups excluding carboxylic acids is 1. The van der Waals surface area contributed by atoms with Crippen LogP contribution in [0.15, 0.2) is 42.5 Å². The van der Waals surface area contributed by atoms with Gasteiger partial charge in [0.2, 0.25) is 5.91 Å². The second-order valence-electron chi connectivity index (χ2n) is 4.67. The van der Waals surface area contributed by atoms with Crippen LogP contribution >= 0.6 is 11.6 Å². The van der Waals surface area contributed by atoms with Crippen LogP contribution in [0.2, 0.25) is 5.02 Å². The Morgan fingerprint density at radius 1 is 1.21 bits per heavy atom. The molecule has 0 fully saturated rings. The van der Waals surface area contributed by atoms with E-state index in [9.17, 15) is 4.79 Å². The van der Waals surface area contributed by atoms with Crippen LogP contribution in [-0.4, -0.2) is 5.91 Å². The molecule has 1 aliphatic heterocycles. The summed E-state index contributed by atoms with van der Waals surface area (Å²) in [5, 5.41) is 0.682. The van der Waals surface area contributed by atoms with E-state index in [2.05, 4.69) is 0 Å². The number of nitrogens with two attached hydrogens (primary N) is 1. The number of benzene rings is 2. The summed E-state index contributed by atoms with van der Waals surface area (Å²) < 4.78 is 0. The van der Waals surface area contributed by atoms with Crippen molar-refractivity contribution in [1.29, 1.82) is 0 Å². The fourth-order valence-electron chi connectivity index (χ4n) is 2.39. The van der Waals surface area contributed by atoms with Gasteiger partial charge in [-0.05, 0) is 41.5 Å². The lowest BCUT2D eigenvalue weighted by atomic mass is 10.1. The summed E-state index contributed by atoms with van der Waals surface area (Å²) >= 11 is 5.97. The number of amides is 1. The van der Waals surface area contributed by atoms with Crippen molar-refractivity contribution in [1.82, 2.24) is 0 Å². The molecule has 0 unspecified atom stereocenters. The van der Waals surface area contributed by atoms with Crippen LogP contribution in [0, 0.1) is 0 Å². The molecular weight excluding hydrogens is 260 g/mol. The summed E-state index contributed by atoms with van der Waals surface area (Å²) in [7, 11) is 0. The molecule has 0 saturated heterocycles. The summed E-state index contributed by atoms with van der Waals surface area (Å²) in [5.41, 5.74) is 9.39. The first-order valence-electron chi connectivity index (χ1n) is 6.07. The van der Waals surface area contributed by atoms with E-state index in [1.165, 1.54) is 0 Å². The van der Waals surface area contributed by atoms with Gasteiger partial charge >= 0.3 is 0 Å². The van der Waals surface area contributed by atoms with Gasteiger partial charge < -0.3 is 10.6 Å². The number of hydrogen-bond donors (Lipinski definition) is 1. The zero-order valence-corrected chi connectivity index (χ0v) is 11.0. The number of carbonyl (C=O) groups is 1. The first kappa shape index (κ1) is 12.1. The Hall–Kier alpha value is -2.00. The molecule has 2 aromatic rings. The minimum atomic E-state index is 0.0978. The predicted molar refractivity (Wildman–Crippen MR) is 77.2 cm³/mol. The maximum atomic E-state index is 12.1. The van der Waals surface area contributed by atoms with Crippen LogP contribution in [0.4, 0.5) is 11.4 Å². The van der Waals surface area contributed by atoms with Gasteiger partial charge in [0.25, 0.3) is 0 Å². The van der Waals surface area contributed by atoms with E-state index in [1.54, 1.807) is 4.90 Å². The molecule has 96 valence electrons. The van der Waals surface area contributed by atoms with Gasteiger partial charge in [0, 0.05) is 16.4 Å². The van der Waals surface area contributed by atoms with Crippen LogP contribution in [0.5, 0.6) is 0 Å². The molecule has 19 heavy (non-hydrogen) atoms. The third-order valence-electron chi connectivity index (χ3n) is 3.27. The minimum absolute atomic E-state index is 0.0978.